The van der Waals surface area contributed by atoms with Crippen LogP contribution in [0.2, 0.25) is 0 Å². The average molecular weight is 302 g/mol. The normalized spacial score (nSPS) is 10.6. The lowest BCUT2D eigenvalue weighted by Crippen LogP contribution is -2.06. The summed E-state index contributed by atoms with van der Waals surface area (Å²) in [5.41, 5.74) is 1.63. The van der Waals surface area contributed by atoms with Gasteiger partial charge in [-0.3, -0.25) is 4.79 Å². The highest BCUT2D eigenvalue weighted by Gasteiger charge is 2.21. The van der Waals surface area contributed by atoms with Gasteiger partial charge in [-0.05, 0) is 36.6 Å². The van der Waals surface area contributed by atoms with Gasteiger partial charge < -0.3 is 20.1 Å². The van der Waals surface area contributed by atoms with E-state index in [1.165, 1.54) is 26.2 Å². The maximum Gasteiger partial charge on any atom is 0.163 e. The van der Waals surface area contributed by atoms with Gasteiger partial charge in [-0.25, -0.2) is 0 Å². The molecule has 0 unspecified atom stereocenters. The van der Waals surface area contributed by atoms with Crippen LogP contribution in [0, 0.1) is 0 Å². The van der Waals surface area contributed by atoms with Crippen LogP contribution in [-0.4, -0.2) is 34.8 Å². The van der Waals surface area contributed by atoms with Crippen LogP contribution in [0.3, 0.4) is 0 Å². The summed E-state index contributed by atoms with van der Waals surface area (Å²) >= 11 is 0. The molecule has 0 aromatic heterocycles. The van der Waals surface area contributed by atoms with E-state index in [1.807, 2.05) is 0 Å². The monoisotopic (exact) mass is 302 g/mol. The Morgan fingerprint density at radius 3 is 2.45 bits per heavy atom. The van der Waals surface area contributed by atoms with Crippen LogP contribution in [-0.2, 0) is 11.2 Å². The molecule has 2 aromatic rings. The van der Waals surface area contributed by atoms with Crippen LogP contribution >= 0.6 is 0 Å². The smallest absolute Gasteiger partial charge is 0.163 e. The first-order chi connectivity index (χ1) is 10.5. The molecular weight excluding hydrogens is 284 g/mol. The lowest BCUT2D eigenvalue weighted by atomic mass is 9.90. The molecule has 0 radical (unpaired) electrons. The molecule has 5 nitrogen and oxygen atoms in total. The van der Waals surface area contributed by atoms with Crippen LogP contribution in [0.4, 0.5) is 0 Å². The van der Waals surface area contributed by atoms with Gasteiger partial charge in [-0.15, -0.1) is 0 Å². The van der Waals surface area contributed by atoms with E-state index in [0.29, 0.717) is 29.7 Å². The number of hydrogen-bond donors (Lipinski definition) is 3. The number of carbonyl (C=O) groups is 1. The maximum absolute atomic E-state index is 11.9. The Balaban J connectivity index is 2.75. The third kappa shape index (κ3) is 3.04. The van der Waals surface area contributed by atoms with Gasteiger partial charge in [0.1, 0.15) is 17.2 Å². The molecule has 0 saturated heterocycles. The van der Waals surface area contributed by atoms with Crippen LogP contribution in [0.1, 0.15) is 22.8 Å². The van der Waals surface area contributed by atoms with E-state index < -0.39 is 0 Å². The lowest BCUT2D eigenvalue weighted by Gasteiger charge is -2.17. The number of phenolic OH excluding ortho intramolecular Hbond substituents is 3. The molecule has 3 N–H and O–H groups in total. The minimum Gasteiger partial charge on any atom is -0.508 e. The van der Waals surface area contributed by atoms with Gasteiger partial charge in [0.2, 0.25) is 0 Å². The summed E-state index contributed by atoms with van der Waals surface area (Å²) < 4.78 is 5.05. The van der Waals surface area contributed by atoms with Crippen molar-refractivity contribution in [1.29, 1.82) is 0 Å². The Kier molecular flexibility index (Phi) is 4.68. The Morgan fingerprint density at radius 1 is 1.14 bits per heavy atom. The third-order valence-electron chi connectivity index (χ3n) is 3.43. The van der Waals surface area contributed by atoms with E-state index in [4.69, 9.17) is 4.74 Å². The number of phenols is 3. The van der Waals surface area contributed by atoms with Crippen molar-refractivity contribution in [2.45, 2.75) is 13.3 Å². The van der Waals surface area contributed by atoms with Crippen molar-refractivity contribution in [2.24, 2.45) is 0 Å². The summed E-state index contributed by atoms with van der Waals surface area (Å²) in [5, 5.41) is 29.9. The van der Waals surface area contributed by atoms with Crippen molar-refractivity contribution < 1.29 is 24.9 Å². The topological polar surface area (TPSA) is 87.0 Å². The van der Waals surface area contributed by atoms with Gasteiger partial charge in [-0.2, -0.15) is 0 Å². The molecular formula is C17H18O5. The first-order valence-corrected chi connectivity index (χ1v) is 6.82. The fraction of sp³-hybridized carbons (Fsp3) is 0.235. The van der Waals surface area contributed by atoms with E-state index in [1.54, 1.807) is 12.1 Å². The zero-order chi connectivity index (χ0) is 16.3. The number of ether oxygens (including phenoxy) is 1. The molecule has 0 amide bonds. The zero-order valence-electron chi connectivity index (χ0n) is 12.5. The van der Waals surface area contributed by atoms with Gasteiger partial charge in [0.05, 0.1) is 12.2 Å². The molecule has 116 valence electrons. The first-order valence-electron chi connectivity index (χ1n) is 6.82. The molecule has 2 rings (SSSR count). The molecule has 0 fully saturated rings. The molecule has 0 aliphatic carbocycles. The minimum absolute atomic E-state index is 0.0482. The molecule has 0 aliphatic rings. The molecule has 0 spiro atoms. The van der Waals surface area contributed by atoms with Crippen molar-refractivity contribution >= 4 is 5.78 Å². The van der Waals surface area contributed by atoms with Gasteiger partial charge in [0, 0.05) is 18.7 Å². The zero-order valence-corrected chi connectivity index (χ0v) is 12.5. The number of rotatable bonds is 5. The molecule has 2 aromatic carbocycles. The van der Waals surface area contributed by atoms with E-state index in [9.17, 15) is 20.1 Å². The highest BCUT2D eigenvalue weighted by Crippen LogP contribution is 2.40. The standard InChI is InChI=1S/C17H18O5/c1-10(18)16-13(6-7-22-2)17(15(21)9-14(16)20)11-4-3-5-12(19)8-11/h3-5,8-9,19-21H,6-7H2,1-2H3. The van der Waals surface area contributed by atoms with Crippen molar-refractivity contribution in [3.05, 3.63) is 41.5 Å². The number of ketones is 1. The van der Waals surface area contributed by atoms with Crippen molar-refractivity contribution in [2.75, 3.05) is 13.7 Å². The Bertz CT molecular complexity index is 706. The highest BCUT2D eigenvalue weighted by molar-refractivity contribution is 6.01. The van der Waals surface area contributed by atoms with Crippen molar-refractivity contribution in [3.8, 4) is 28.4 Å². The number of benzene rings is 2. The molecule has 0 saturated carbocycles. The highest BCUT2D eigenvalue weighted by atomic mass is 16.5. The van der Waals surface area contributed by atoms with E-state index in [-0.39, 0.29) is 28.6 Å². The Morgan fingerprint density at radius 2 is 1.86 bits per heavy atom. The number of carbonyl (C=O) groups excluding carboxylic acids is 1. The predicted octanol–water partition coefficient (Wildman–Crippen LogP) is 2.86. The van der Waals surface area contributed by atoms with E-state index in [2.05, 4.69) is 0 Å². The van der Waals surface area contributed by atoms with Gasteiger partial charge >= 0.3 is 0 Å². The van der Waals surface area contributed by atoms with E-state index >= 15 is 0 Å². The lowest BCUT2D eigenvalue weighted by molar-refractivity contribution is 0.101. The van der Waals surface area contributed by atoms with Crippen LogP contribution in [0.25, 0.3) is 11.1 Å². The predicted molar refractivity (Wildman–Crippen MR) is 82.5 cm³/mol. The van der Waals surface area contributed by atoms with E-state index in [0.717, 1.165) is 6.07 Å². The van der Waals surface area contributed by atoms with Crippen molar-refractivity contribution in [1.82, 2.24) is 0 Å². The quantitative estimate of drug-likeness (QED) is 0.739. The summed E-state index contributed by atoms with van der Waals surface area (Å²) in [4.78, 5) is 11.9. The molecule has 0 atom stereocenters. The molecule has 0 aliphatic heterocycles. The second-order valence-electron chi connectivity index (χ2n) is 4.99. The van der Waals surface area contributed by atoms with Crippen LogP contribution in [0.15, 0.2) is 30.3 Å². The number of hydrogen-bond acceptors (Lipinski definition) is 5. The molecule has 22 heavy (non-hydrogen) atoms. The summed E-state index contributed by atoms with van der Waals surface area (Å²) in [7, 11) is 1.53. The fourth-order valence-electron chi connectivity index (χ4n) is 2.54. The van der Waals surface area contributed by atoms with Gasteiger partial charge in [-0.1, -0.05) is 12.1 Å². The average Bonchev–Trinajstić information content (AvgIpc) is 2.43. The maximum atomic E-state index is 11.9. The Hall–Kier alpha value is -2.53. The largest absolute Gasteiger partial charge is 0.508 e. The number of methoxy groups -OCH3 is 1. The van der Waals surface area contributed by atoms with Crippen molar-refractivity contribution in [3.63, 3.8) is 0 Å². The number of Topliss-reactive ketones (excluding diaryl/α,β-unsaturated/α-hetero) is 1. The molecule has 5 heteroatoms. The SMILES string of the molecule is COCCc1c(C(C)=O)c(O)cc(O)c1-c1cccc(O)c1. The second kappa shape index (κ2) is 6.49. The van der Waals surface area contributed by atoms with Gasteiger partial charge in [0.25, 0.3) is 0 Å². The first kappa shape index (κ1) is 15.9. The second-order valence-corrected chi connectivity index (χ2v) is 4.99. The number of aromatic hydroxyl groups is 3. The third-order valence-corrected chi connectivity index (χ3v) is 3.43. The Labute approximate surface area is 128 Å². The van der Waals surface area contributed by atoms with Crippen LogP contribution < -0.4 is 0 Å². The minimum atomic E-state index is -0.301. The molecule has 0 bridgehead atoms. The summed E-state index contributed by atoms with van der Waals surface area (Å²) in [6.07, 6.45) is 0.346. The summed E-state index contributed by atoms with van der Waals surface area (Å²) in [5.74, 6) is -0.670. The summed E-state index contributed by atoms with van der Waals surface area (Å²) in [6, 6.07) is 7.51. The van der Waals surface area contributed by atoms with Crippen LogP contribution in [0.5, 0.6) is 17.2 Å². The molecule has 0 heterocycles. The fourth-order valence-corrected chi connectivity index (χ4v) is 2.54. The summed E-state index contributed by atoms with van der Waals surface area (Å²) in [6.45, 7) is 1.68. The van der Waals surface area contributed by atoms with Gasteiger partial charge in [0.15, 0.2) is 5.78 Å².